The average molecular weight is 308 g/mol. The van der Waals surface area contributed by atoms with Crippen LogP contribution < -0.4 is 4.72 Å². The largest absolute Gasteiger partial charge is 0.337 e. The van der Waals surface area contributed by atoms with Crippen molar-refractivity contribution in [3.63, 3.8) is 0 Å². The van der Waals surface area contributed by atoms with Crippen LogP contribution in [0, 0.1) is 12.3 Å². The molecule has 19 heavy (non-hydrogen) atoms. The van der Waals surface area contributed by atoms with Crippen molar-refractivity contribution < 1.29 is 8.42 Å². The second-order valence-corrected chi connectivity index (χ2v) is 6.88. The van der Waals surface area contributed by atoms with Crippen LogP contribution in [-0.4, -0.2) is 30.4 Å². The van der Waals surface area contributed by atoms with Crippen molar-refractivity contribution in [2.75, 3.05) is 12.4 Å². The third-order valence-corrected chi connectivity index (χ3v) is 5.62. The van der Waals surface area contributed by atoms with Crippen LogP contribution in [0.15, 0.2) is 11.2 Å². The van der Waals surface area contributed by atoms with Gasteiger partial charge >= 0.3 is 0 Å². The van der Waals surface area contributed by atoms with Gasteiger partial charge in [0.25, 0.3) is 10.0 Å². The van der Waals surface area contributed by atoms with Crippen molar-refractivity contribution in [3.8, 4) is 0 Å². The lowest BCUT2D eigenvalue weighted by molar-refractivity contribution is 0.304. The average Bonchev–Trinajstić information content (AvgIpc) is 2.73. The number of nitrogens with one attached hydrogen (secondary N) is 1. The molecule has 0 fully saturated rings. The van der Waals surface area contributed by atoms with Crippen molar-refractivity contribution in [2.45, 2.75) is 38.6 Å². The monoisotopic (exact) mass is 307 g/mol. The molecule has 0 aliphatic rings. The van der Waals surface area contributed by atoms with Crippen molar-refractivity contribution in [2.24, 2.45) is 12.5 Å². The maximum Gasteiger partial charge on any atom is 0.259 e. The molecule has 110 valence electrons. The van der Waals surface area contributed by atoms with Crippen LogP contribution in [0.3, 0.4) is 0 Å². The van der Waals surface area contributed by atoms with E-state index in [2.05, 4.69) is 9.71 Å². The van der Waals surface area contributed by atoms with E-state index in [0.717, 1.165) is 12.8 Å². The molecule has 0 radical (unpaired) electrons. The zero-order chi connectivity index (χ0) is 14.7. The van der Waals surface area contributed by atoms with Gasteiger partial charge in [-0.3, -0.25) is 0 Å². The molecule has 0 amide bonds. The molecule has 0 atom stereocenters. The first-order valence-electron chi connectivity index (χ1n) is 6.36. The topological polar surface area (TPSA) is 64.0 Å². The molecule has 7 heteroatoms. The minimum absolute atomic E-state index is 0.0585. The Morgan fingerprint density at radius 2 is 2.00 bits per heavy atom. The maximum absolute atomic E-state index is 12.2. The summed E-state index contributed by atoms with van der Waals surface area (Å²) in [6.45, 7) is 6.14. The van der Waals surface area contributed by atoms with E-state index in [1.807, 2.05) is 13.8 Å². The predicted molar refractivity (Wildman–Crippen MR) is 76.9 cm³/mol. The third kappa shape index (κ3) is 3.70. The van der Waals surface area contributed by atoms with E-state index >= 15 is 0 Å². The van der Waals surface area contributed by atoms with Gasteiger partial charge in [0.15, 0.2) is 5.03 Å². The number of hydrogen-bond donors (Lipinski definition) is 1. The number of imidazole rings is 1. The molecule has 0 spiro atoms. The number of rotatable bonds is 7. The predicted octanol–water partition coefficient (Wildman–Crippen LogP) is 2.05. The molecule has 0 unspecified atom stereocenters. The SMILES string of the molecule is CCC(CC)(CCl)CNS(=O)(=O)c1cn(C)c(C)n1. The van der Waals surface area contributed by atoms with Gasteiger partial charge in [-0.2, -0.15) is 0 Å². The highest BCUT2D eigenvalue weighted by atomic mass is 35.5. The first kappa shape index (κ1) is 16.5. The van der Waals surface area contributed by atoms with Gasteiger partial charge in [0.2, 0.25) is 0 Å². The van der Waals surface area contributed by atoms with Gasteiger partial charge in [-0.25, -0.2) is 18.1 Å². The van der Waals surface area contributed by atoms with Gasteiger partial charge in [0, 0.05) is 25.7 Å². The summed E-state index contributed by atoms with van der Waals surface area (Å²) in [5.74, 6) is 1.10. The molecule has 1 N–H and O–H groups in total. The Hall–Kier alpha value is -0.590. The molecule has 1 rings (SSSR count). The number of alkyl halides is 1. The lowest BCUT2D eigenvalue weighted by Crippen LogP contribution is -2.38. The van der Waals surface area contributed by atoms with E-state index < -0.39 is 10.0 Å². The summed E-state index contributed by atoms with van der Waals surface area (Å²) in [6, 6.07) is 0. The van der Waals surface area contributed by atoms with Crippen LogP contribution in [0.1, 0.15) is 32.5 Å². The van der Waals surface area contributed by atoms with E-state index in [4.69, 9.17) is 11.6 Å². The lowest BCUT2D eigenvalue weighted by Gasteiger charge is -2.29. The Kier molecular flexibility index (Phi) is 5.41. The highest BCUT2D eigenvalue weighted by Crippen LogP contribution is 2.27. The first-order chi connectivity index (χ1) is 8.80. The van der Waals surface area contributed by atoms with E-state index in [-0.39, 0.29) is 10.4 Å². The standard InChI is InChI=1S/C12H22ClN3O2S/c1-5-12(6-2,8-13)9-14-19(17,18)11-7-16(4)10(3)15-11/h7,14H,5-6,8-9H2,1-4H3. The molecule has 0 aliphatic carbocycles. The Morgan fingerprint density at radius 3 is 2.37 bits per heavy atom. The molecule has 5 nitrogen and oxygen atoms in total. The minimum Gasteiger partial charge on any atom is -0.337 e. The van der Waals surface area contributed by atoms with Crippen LogP contribution in [0.2, 0.25) is 0 Å². The van der Waals surface area contributed by atoms with Crippen molar-refractivity contribution >= 4 is 21.6 Å². The number of hydrogen-bond acceptors (Lipinski definition) is 3. The normalized spacial score (nSPS) is 12.9. The Labute approximate surface area is 120 Å². The number of aryl methyl sites for hydroxylation is 2. The zero-order valence-electron chi connectivity index (χ0n) is 11.9. The molecule has 0 saturated carbocycles. The molecule has 1 heterocycles. The molecule has 0 aromatic carbocycles. The fourth-order valence-electron chi connectivity index (χ4n) is 1.71. The van der Waals surface area contributed by atoms with Gasteiger partial charge in [-0.15, -0.1) is 11.6 Å². The number of halogens is 1. The van der Waals surface area contributed by atoms with E-state index in [1.165, 1.54) is 6.20 Å². The van der Waals surface area contributed by atoms with Crippen LogP contribution >= 0.6 is 11.6 Å². The van der Waals surface area contributed by atoms with E-state index in [9.17, 15) is 8.42 Å². The van der Waals surface area contributed by atoms with Gasteiger partial charge in [-0.1, -0.05) is 13.8 Å². The number of nitrogens with zero attached hydrogens (tertiary/aromatic N) is 2. The number of sulfonamides is 1. The lowest BCUT2D eigenvalue weighted by atomic mass is 9.85. The summed E-state index contributed by atoms with van der Waals surface area (Å²) < 4.78 is 28.6. The zero-order valence-corrected chi connectivity index (χ0v) is 13.5. The maximum atomic E-state index is 12.2. The summed E-state index contributed by atoms with van der Waals surface area (Å²) in [5, 5.41) is 0.0585. The van der Waals surface area contributed by atoms with Crippen molar-refractivity contribution in [3.05, 3.63) is 12.0 Å². The molecule has 0 bridgehead atoms. The van der Waals surface area contributed by atoms with Crippen LogP contribution in [0.4, 0.5) is 0 Å². The van der Waals surface area contributed by atoms with Gasteiger partial charge in [-0.05, 0) is 25.2 Å². The summed E-state index contributed by atoms with van der Waals surface area (Å²) in [7, 11) is -1.80. The van der Waals surface area contributed by atoms with Crippen LogP contribution in [0.25, 0.3) is 0 Å². The molecular formula is C12H22ClN3O2S. The fraction of sp³-hybridized carbons (Fsp3) is 0.750. The van der Waals surface area contributed by atoms with Crippen LogP contribution in [0.5, 0.6) is 0 Å². The highest BCUT2D eigenvalue weighted by Gasteiger charge is 2.28. The molecule has 0 aliphatic heterocycles. The molecular weight excluding hydrogens is 286 g/mol. The smallest absolute Gasteiger partial charge is 0.259 e. The quantitative estimate of drug-likeness (QED) is 0.784. The summed E-state index contributed by atoms with van der Waals surface area (Å²) in [6.07, 6.45) is 3.17. The highest BCUT2D eigenvalue weighted by molar-refractivity contribution is 7.89. The summed E-state index contributed by atoms with van der Waals surface area (Å²) in [4.78, 5) is 4.04. The van der Waals surface area contributed by atoms with E-state index in [0.29, 0.717) is 18.2 Å². The first-order valence-corrected chi connectivity index (χ1v) is 8.37. The molecule has 1 aromatic rings. The minimum atomic E-state index is -3.57. The number of aromatic nitrogens is 2. The third-order valence-electron chi connectivity index (χ3n) is 3.78. The molecule has 1 aromatic heterocycles. The Bertz CT molecular complexity index is 493. The van der Waals surface area contributed by atoms with Crippen molar-refractivity contribution in [1.82, 2.24) is 14.3 Å². The Morgan fingerprint density at radius 1 is 1.42 bits per heavy atom. The summed E-state index contributed by atoms with van der Waals surface area (Å²) >= 11 is 5.97. The van der Waals surface area contributed by atoms with Gasteiger partial charge in [0.1, 0.15) is 5.82 Å². The van der Waals surface area contributed by atoms with Gasteiger partial charge in [0.05, 0.1) is 0 Å². The Balaban J connectivity index is 2.86. The van der Waals surface area contributed by atoms with Crippen LogP contribution in [-0.2, 0) is 17.1 Å². The van der Waals surface area contributed by atoms with Gasteiger partial charge < -0.3 is 4.57 Å². The second-order valence-electron chi connectivity index (χ2n) is 4.90. The molecule has 0 saturated heterocycles. The summed E-state index contributed by atoms with van der Waals surface area (Å²) in [5.41, 5.74) is -0.196. The van der Waals surface area contributed by atoms with E-state index in [1.54, 1.807) is 18.5 Å². The fourth-order valence-corrected chi connectivity index (χ4v) is 3.38. The van der Waals surface area contributed by atoms with Crippen molar-refractivity contribution in [1.29, 1.82) is 0 Å². The second kappa shape index (κ2) is 6.24.